The number of likely N-dealkylation sites (tertiary alicyclic amines) is 1. The highest BCUT2D eigenvalue weighted by atomic mass is 35.5. The third kappa shape index (κ3) is 4.59. The zero-order valence-corrected chi connectivity index (χ0v) is 22.9. The largest absolute Gasteiger partial charge is 0.327 e. The maximum atomic E-state index is 14.1. The summed E-state index contributed by atoms with van der Waals surface area (Å²) in [6.07, 6.45) is 1.58. The van der Waals surface area contributed by atoms with Gasteiger partial charge in [-0.1, -0.05) is 69.6 Å². The van der Waals surface area contributed by atoms with Gasteiger partial charge >= 0.3 is 0 Å². The maximum absolute atomic E-state index is 14.1. The Morgan fingerprint density at radius 1 is 0.946 bits per heavy atom. The molecule has 2 heterocycles. The predicted octanol–water partition coefficient (Wildman–Crippen LogP) is 5.15. The number of carbonyl (C=O) groups is 3. The molecule has 0 N–H and O–H groups in total. The molecule has 1 unspecified atom stereocenters. The fraction of sp³-hybridized carbons (Fsp3) is 0.500. The SMILES string of the molecule is CC1(C)C(C(=O)N(C2CCN(Cc3ccccc3)CC2)C2CC(=O)N(c3ccc(Cl)cc3)C2=O)C1(C)C. The molecule has 0 bridgehead atoms. The monoisotopic (exact) mass is 521 g/mol. The number of amides is 3. The molecule has 1 atom stereocenters. The van der Waals surface area contributed by atoms with Gasteiger partial charge in [0.15, 0.2) is 0 Å². The number of imide groups is 1. The van der Waals surface area contributed by atoms with Crippen molar-refractivity contribution in [2.75, 3.05) is 18.0 Å². The quantitative estimate of drug-likeness (QED) is 0.493. The molecule has 2 aromatic rings. The van der Waals surface area contributed by atoms with E-state index in [0.717, 1.165) is 32.5 Å². The van der Waals surface area contributed by atoms with Crippen LogP contribution in [0.25, 0.3) is 0 Å². The first kappa shape index (κ1) is 25.9. The molecule has 1 aliphatic carbocycles. The van der Waals surface area contributed by atoms with Crippen LogP contribution >= 0.6 is 11.6 Å². The molecular weight excluding hydrogens is 486 g/mol. The van der Waals surface area contributed by atoms with Crippen molar-refractivity contribution in [3.05, 3.63) is 65.2 Å². The molecule has 3 aliphatic rings. The van der Waals surface area contributed by atoms with Crippen LogP contribution in [0.15, 0.2) is 54.6 Å². The molecule has 0 spiro atoms. The van der Waals surface area contributed by atoms with E-state index in [9.17, 15) is 14.4 Å². The van der Waals surface area contributed by atoms with E-state index in [4.69, 9.17) is 11.6 Å². The predicted molar refractivity (Wildman–Crippen MR) is 145 cm³/mol. The first-order valence-electron chi connectivity index (χ1n) is 13.2. The Bertz CT molecular complexity index is 1170. The van der Waals surface area contributed by atoms with Crippen LogP contribution < -0.4 is 4.90 Å². The smallest absolute Gasteiger partial charge is 0.257 e. The van der Waals surface area contributed by atoms with Crippen LogP contribution in [0.1, 0.15) is 52.5 Å². The number of hydrogen-bond donors (Lipinski definition) is 0. The molecule has 6 nitrogen and oxygen atoms in total. The summed E-state index contributed by atoms with van der Waals surface area (Å²) in [7, 11) is 0. The summed E-state index contributed by atoms with van der Waals surface area (Å²) < 4.78 is 0. The highest BCUT2D eigenvalue weighted by Crippen LogP contribution is 2.69. The molecule has 2 aromatic carbocycles. The number of benzene rings is 2. The summed E-state index contributed by atoms with van der Waals surface area (Å²) in [5, 5.41) is 0.539. The van der Waals surface area contributed by atoms with Gasteiger partial charge in [0, 0.05) is 36.6 Å². The molecule has 7 heteroatoms. The van der Waals surface area contributed by atoms with Crippen LogP contribution in [0, 0.1) is 16.7 Å². The first-order chi connectivity index (χ1) is 17.5. The molecule has 0 radical (unpaired) electrons. The second-order valence-corrected chi connectivity index (χ2v) is 12.3. The molecule has 3 amide bonds. The lowest BCUT2D eigenvalue weighted by atomic mass is 9.97. The van der Waals surface area contributed by atoms with E-state index in [1.807, 2.05) is 11.0 Å². The van der Waals surface area contributed by atoms with Crippen LogP contribution in [0.2, 0.25) is 5.02 Å². The molecule has 2 saturated heterocycles. The van der Waals surface area contributed by atoms with E-state index in [-0.39, 0.29) is 46.9 Å². The summed E-state index contributed by atoms with van der Waals surface area (Å²) >= 11 is 6.03. The minimum absolute atomic E-state index is 0.0145. The fourth-order valence-electron chi connectivity index (χ4n) is 6.44. The highest BCUT2D eigenvalue weighted by Gasteiger charge is 2.69. The van der Waals surface area contributed by atoms with E-state index in [2.05, 4.69) is 56.9 Å². The van der Waals surface area contributed by atoms with E-state index < -0.39 is 6.04 Å². The van der Waals surface area contributed by atoms with Gasteiger partial charge in [-0.15, -0.1) is 0 Å². The Balaban J connectivity index is 1.38. The van der Waals surface area contributed by atoms with Crippen molar-refractivity contribution >= 4 is 35.0 Å². The number of hydrogen-bond acceptors (Lipinski definition) is 4. The second-order valence-electron chi connectivity index (χ2n) is 11.9. The summed E-state index contributed by atoms with van der Waals surface area (Å²) in [4.78, 5) is 46.4. The van der Waals surface area contributed by atoms with Gasteiger partial charge < -0.3 is 4.90 Å². The average Bonchev–Trinajstić information content (AvgIpc) is 3.10. The number of carbonyl (C=O) groups excluding carboxylic acids is 3. The molecule has 3 fully saturated rings. The van der Waals surface area contributed by atoms with Gasteiger partial charge in [0.05, 0.1) is 12.1 Å². The minimum Gasteiger partial charge on any atom is -0.327 e. The Kier molecular flexibility index (Phi) is 6.70. The molecule has 0 aromatic heterocycles. The second kappa shape index (κ2) is 9.55. The number of anilines is 1. The van der Waals surface area contributed by atoms with Crippen molar-refractivity contribution in [3.63, 3.8) is 0 Å². The number of rotatable bonds is 6. The Morgan fingerprint density at radius 2 is 1.54 bits per heavy atom. The molecular formula is C30H36ClN3O3. The van der Waals surface area contributed by atoms with Gasteiger partial charge in [0.1, 0.15) is 6.04 Å². The Morgan fingerprint density at radius 3 is 2.11 bits per heavy atom. The summed E-state index contributed by atoms with van der Waals surface area (Å²) in [6, 6.07) is 16.3. The van der Waals surface area contributed by atoms with Crippen LogP contribution in [-0.2, 0) is 20.9 Å². The molecule has 37 heavy (non-hydrogen) atoms. The lowest BCUT2D eigenvalue weighted by molar-refractivity contribution is -0.144. The van der Waals surface area contributed by atoms with Crippen LogP contribution in [0.5, 0.6) is 0 Å². The van der Waals surface area contributed by atoms with E-state index in [1.54, 1.807) is 24.3 Å². The van der Waals surface area contributed by atoms with Crippen molar-refractivity contribution < 1.29 is 14.4 Å². The zero-order chi connectivity index (χ0) is 26.5. The van der Waals surface area contributed by atoms with Crippen molar-refractivity contribution in [2.45, 2.75) is 65.6 Å². The summed E-state index contributed by atoms with van der Waals surface area (Å²) in [6.45, 7) is 11.0. The van der Waals surface area contributed by atoms with Crippen molar-refractivity contribution in [1.82, 2.24) is 9.80 Å². The molecule has 2 aliphatic heterocycles. The molecule has 1 saturated carbocycles. The lowest BCUT2D eigenvalue weighted by Crippen LogP contribution is -2.55. The van der Waals surface area contributed by atoms with Crippen molar-refractivity contribution in [3.8, 4) is 0 Å². The third-order valence-corrected chi connectivity index (χ3v) is 9.52. The molecule has 196 valence electrons. The Hall–Kier alpha value is -2.70. The number of piperidine rings is 1. The van der Waals surface area contributed by atoms with Gasteiger partial charge in [0.2, 0.25) is 11.8 Å². The fourth-order valence-corrected chi connectivity index (χ4v) is 6.57. The van der Waals surface area contributed by atoms with Gasteiger partial charge in [0.25, 0.3) is 5.91 Å². The topological polar surface area (TPSA) is 60.9 Å². The van der Waals surface area contributed by atoms with E-state index in [0.29, 0.717) is 10.7 Å². The van der Waals surface area contributed by atoms with Crippen molar-refractivity contribution in [2.24, 2.45) is 16.7 Å². The standard InChI is InChI=1S/C30H36ClN3O3/c1-29(2)26(30(29,3)4)28(37)33(23-14-16-32(17-15-23)19-20-8-6-5-7-9-20)24-18-25(35)34(27(24)36)22-12-10-21(31)11-13-22/h5-13,23-24,26H,14-19H2,1-4H3. The number of nitrogens with zero attached hydrogens (tertiary/aromatic N) is 3. The van der Waals surface area contributed by atoms with Crippen LogP contribution in [0.3, 0.4) is 0 Å². The normalized spacial score (nSPS) is 23.9. The lowest BCUT2D eigenvalue weighted by Gasteiger charge is -2.41. The zero-order valence-electron chi connectivity index (χ0n) is 22.1. The van der Waals surface area contributed by atoms with Crippen LogP contribution in [-0.4, -0.2) is 52.7 Å². The number of halogens is 1. The summed E-state index contributed by atoms with van der Waals surface area (Å²) in [5.74, 6) is -0.745. The van der Waals surface area contributed by atoms with Gasteiger partial charge in [-0.2, -0.15) is 0 Å². The highest BCUT2D eigenvalue weighted by molar-refractivity contribution is 6.31. The molecule has 5 rings (SSSR count). The summed E-state index contributed by atoms with van der Waals surface area (Å²) in [5.41, 5.74) is 1.46. The maximum Gasteiger partial charge on any atom is 0.257 e. The van der Waals surface area contributed by atoms with Gasteiger partial charge in [-0.05, 0) is 53.5 Å². The average molecular weight is 522 g/mol. The van der Waals surface area contributed by atoms with Gasteiger partial charge in [-0.25, -0.2) is 4.90 Å². The Labute approximate surface area is 224 Å². The third-order valence-electron chi connectivity index (χ3n) is 9.27. The minimum atomic E-state index is -0.770. The van der Waals surface area contributed by atoms with Gasteiger partial charge in [-0.3, -0.25) is 19.3 Å². The van der Waals surface area contributed by atoms with E-state index in [1.165, 1.54) is 10.5 Å². The van der Waals surface area contributed by atoms with E-state index >= 15 is 0 Å². The van der Waals surface area contributed by atoms with Crippen LogP contribution in [0.4, 0.5) is 5.69 Å². The van der Waals surface area contributed by atoms with Crippen molar-refractivity contribution in [1.29, 1.82) is 0 Å². The first-order valence-corrected chi connectivity index (χ1v) is 13.6.